The Kier molecular flexibility index (Phi) is 8.39. The summed E-state index contributed by atoms with van der Waals surface area (Å²) in [6.45, 7) is 1.66. The van der Waals surface area contributed by atoms with Crippen LogP contribution in [0.15, 0.2) is 39.7 Å². The van der Waals surface area contributed by atoms with Gasteiger partial charge in [0, 0.05) is 0 Å². The number of carboxylic acids is 1. The third-order valence-corrected chi connectivity index (χ3v) is 4.18. The first-order chi connectivity index (χ1) is 13.5. The lowest BCUT2D eigenvalue weighted by atomic mass is 10.1. The molecule has 1 aromatic carbocycles. The largest absolute Gasteiger partial charge is 0.504 e. The normalized spacial score (nSPS) is 11.2. The lowest BCUT2D eigenvalue weighted by Crippen LogP contribution is -2.09. The van der Waals surface area contributed by atoms with Crippen molar-refractivity contribution in [3.8, 4) is 17.2 Å². The highest BCUT2D eigenvalue weighted by atomic mass is 16.5. The molecule has 0 radical (unpaired) electrons. The summed E-state index contributed by atoms with van der Waals surface area (Å²) in [6, 6.07) is 4.27. The molecule has 2 aromatic rings. The number of rotatable bonds is 12. The molecule has 7 nitrogen and oxygen atoms in total. The zero-order chi connectivity index (χ0) is 20.4. The second-order valence-electron chi connectivity index (χ2n) is 6.45. The van der Waals surface area contributed by atoms with Crippen molar-refractivity contribution in [1.29, 1.82) is 0 Å². The molecular formula is C21H26O7. The second-order valence-corrected chi connectivity index (χ2v) is 6.45. The Labute approximate surface area is 163 Å². The van der Waals surface area contributed by atoms with E-state index in [4.69, 9.17) is 19.0 Å². The first-order valence-corrected chi connectivity index (χ1v) is 9.49. The number of fused-ring (bicyclic) bond motifs is 1. The van der Waals surface area contributed by atoms with Gasteiger partial charge in [-0.15, -0.1) is 0 Å². The number of hydrogen-bond donors (Lipinski definition) is 2. The average Bonchev–Trinajstić information content (AvgIpc) is 2.67. The lowest BCUT2D eigenvalue weighted by molar-refractivity contribution is -0.139. The van der Waals surface area contributed by atoms with E-state index < -0.39 is 18.2 Å². The van der Waals surface area contributed by atoms with Crippen molar-refractivity contribution >= 4 is 16.9 Å². The number of ether oxygens (including phenoxy) is 2. The van der Waals surface area contributed by atoms with E-state index >= 15 is 0 Å². The highest BCUT2D eigenvalue weighted by Gasteiger charge is 2.16. The lowest BCUT2D eigenvalue weighted by Gasteiger charge is -2.07. The van der Waals surface area contributed by atoms with E-state index in [1.165, 1.54) is 50.1 Å². The Morgan fingerprint density at radius 2 is 1.93 bits per heavy atom. The van der Waals surface area contributed by atoms with Crippen LogP contribution in [0.1, 0.15) is 51.9 Å². The number of aromatic hydroxyl groups is 1. The first kappa shape index (κ1) is 21.3. The zero-order valence-electron chi connectivity index (χ0n) is 16.0. The summed E-state index contributed by atoms with van der Waals surface area (Å²) in [7, 11) is 0. The van der Waals surface area contributed by atoms with Gasteiger partial charge in [-0.3, -0.25) is 0 Å². The molecule has 2 rings (SSSR count). The molecule has 0 fully saturated rings. The standard InChI is InChI=1S/C21H26O7/c1-2-3-4-5-6-7-8-9-12-26-20-19(24)16-13-15(27-14-18(22)23)10-11-17(16)28-21(20)25/h9-13,24H,2-8,14H2,1H3,(H,22,23)/b12-9+. The Hall–Kier alpha value is -2.96. The predicted octanol–water partition coefficient (Wildman–Crippen LogP) is 4.61. The van der Waals surface area contributed by atoms with Gasteiger partial charge in [-0.25, -0.2) is 9.59 Å². The summed E-state index contributed by atoms with van der Waals surface area (Å²) in [6.07, 6.45) is 11.1. The average molecular weight is 390 g/mol. The van der Waals surface area contributed by atoms with Gasteiger partial charge in [-0.2, -0.15) is 0 Å². The third kappa shape index (κ3) is 6.33. The SMILES string of the molecule is CCCCCCCC/C=C/Oc1c(O)c2cc(OCC(=O)O)ccc2oc1=O. The maximum absolute atomic E-state index is 12.0. The molecule has 1 heterocycles. The number of carbonyl (C=O) groups is 1. The topological polar surface area (TPSA) is 106 Å². The molecule has 1 aromatic heterocycles. The Morgan fingerprint density at radius 1 is 1.18 bits per heavy atom. The van der Waals surface area contributed by atoms with E-state index in [-0.39, 0.29) is 28.2 Å². The summed E-state index contributed by atoms with van der Waals surface area (Å²) in [5.41, 5.74) is -0.651. The molecule has 0 amide bonds. The van der Waals surface area contributed by atoms with Gasteiger partial charge in [0.25, 0.3) is 5.75 Å². The predicted molar refractivity (Wildman–Crippen MR) is 105 cm³/mol. The van der Waals surface area contributed by atoms with E-state index in [9.17, 15) is 14.7 Å². The number of benzene rings is 1. The number of allylic oxidation sites excluding steroid dienone is 1. The van der Waals surface area contributed by atoms with Crippen LogP contribution >= 0.6 is 0 Å². The van der Waals surface area contributed by atoms with Crippen LogP contribution < -0.4 is 15.1 Å². The molecule has 7 heteroatoms. The van der Waals surface area contributed by atoms with E-state index in [2.05, 4.69) is 6.92 Å². The number of aliphatic carboxylic acids is 1. The zero-order valence-corrected chi connectivity index (χ0v) is 16.0. The van der Waals surface area contributed by atoms with Crippen molar-refractivity contribution in [2.75, 3.05) is 6.61 Å². The van der Waals surface area contributed by atoms with Gasteiger partial charge in [0.2, 0.25) is 0 Å². The quantitative estimate of drug-likeness (QED) is 0.310. The molecule has 0 aliphatic heterocycles. The monoisotopic (exact) mass is 390 g/mol. The first-order valence-electron chi connectivity index (χ1n) is 9.49. The molecule has 0 atom stereocenters. The molecule has 28 heavy (non-hydrogen) atoms. The van der Waals surface area contributed by atoms with Gasteiger partial charge in [-0.1, -0.05) is 39.0 Å². The molecular weight excluding hydrogens is 364 g/mol. The van der Waals surface area contributed by atoms with Crippen LogP contribution in [-0.2, 0) is 4.79 Å². The van der Waals surface area contributed by atoms with Crippen molar-refractivity contribution in [3.63, 3.8) is 0 Å². The summed E-state index contributed by atoms with van der Waals surface area (Å²) in [5, 5.41) is 19.2. The maximum atomic E-state index is 12.0. The fourth-order valence-electron chi connectivity index (χ4n) is 2.71. The van der Waals surface area contributed by atoms with Crippen molar-refractivity contribution in [2.45, 2.75) is 51.9 Å². The Bertz CT molecular complexity index is 867. The van der Waals surface area contributed by atoms with Crippen LogP contribution in [0.3, 0.4) is 0 Å². The Balaban J connectivity index is 2.00. The molecule has 0 aliphatic carbocycles. The van der Waals surface area contributed by atoms with Crippen molar-refractivity contribution in [2.24, 2.45) is 0 Å². The minimum atomic E-state index is -1.12. The van der Waals surface area contributed by atoms with Crippen molar-refractivity contribution in [3.05, 3.63) is 41.0 Å². The second kappa shape index (κ2) is 11.0. The van der Waals surface area contributed by atoms with Crippen LogP contribution in [0.25, 0.3) is 11.0 Å². The van der Waals surface area contributed by atoms with Gasteiger partial charge in [0.05, 0.1) is 11.6 Å². The van der Waals surface area contributed by atoms with E-state index in [0.29, 0.717) is 0 Å². The highest BCUT2D eigenvalue weighted by Crippen LogP contribution is 2.33. The minimum absolute atomic E-state index is 0.147. The van der Waals surface area contributed by atoms with Crippen molar-refractivity contribution < 1.29 is 28.9 Å². The molecule has 152 valence electrons. The Morgan fingerprint density at radius 3 is 2.68 bits per heavy atom. The maximum Gasteiger partial charge on any atom is 0.383 e. The van der Waals surface area contributed by atoms with Crippen molar-refractivity contribution in [1.82, 2.24) is 0 Å². The summed E-state index contributed by atoms with van der Waals surface area (Å²) >= 11 is 0. The minimum Gasteiger partial charge on any atom is -0.504 e. The van der Waals surface area contributed by atoms with Crippen LogP contribution in [0.5, 0.6) is 17.2 Å². The number of unbranched alkanes of at least 4 members (excludes halogenated alkanes) is 6. The molecule has 2 N–H and O–H groups in total. The fourth-order valence-corrected chi connectivity index (χ4v) is 2.71. The molecule has 0 saturated heterocycles. The molecule has 0 aliphatic rings. The summed E-state index contributed by atoms with van der Waals surface area (Å²) < 4.78 is 15.5. The third-order valence-electron chi connectivity index (χ3n) is 4.18. The van der Waals surface area contributed by atoms with Crippen LogP contribution in [-0.4, -0.2) is 22.8 Å². The number of hydrogen-bond acceptors (Lipinski definition) is 6. The van der Waals surface area contributed by atoms with E-state index in [1.54, 1.807) is 6.08 Å². The molecule has 0 bridgehead atoms. The van der Waals surface area contributed by atoms with Gasteiger partial charge >= 0.3 is 11.6 Å². The smallest absolute Gasteiger partial charge is 0.383 e. The fraction of sp³-hybridized carbons (Fsp3) is 0.429. The van der Waals surface area contributed by atoms with Gasteiger partial charge < -0.3 is 24.1 Å². The van der Waals surface area contributed by atoms with Crippen LogP contribution in [0, 0.1) is 0 Å². The van der Waals surface area contributed by atoms with E-state index in [1.807, 2.05) is 0 Å². The van der Waals surface area contributed by atoms with Gasteiger partial charge in [0.1, 0.15) is 11.3 Å². The molecule has 0 spiro atoms. The summed E-state index contributed by atoms with van der Waals surface area (Å²) in [5.74, 6) is -1.59. The van der Waals surface area contributed by atoms with Gasteiger partial charge in [-0.05, 0) is 37.1 Å². The summed E-state index contributed by atoms with van der Waals surface area (Å²) in [4.78, 5) is 22.6. The van der Waals surface area contributed by atoms with Crippen LogP contribution in [0.2, 0.25) is 0 Å². The molecule has 0 unspecified atom stereocenters. The van der Waals surface area contributed by atoms with E-state index in [0.717, 1.165) is 19.3 Å². The highest BCUT2D eigenvalue weighted by molar-refractivity contribution is 5.86. The molecule has 0 saturated carbocycles. The van der Waals surface area contributed by atoms with Crippen LogP contribution in [0.4, 0.5) is 0 Å². The number of carboxylic acid groups (broad SMARTS) is 1. The van der Waals surface area contributed by atoms with Gasteiger partial charge in [0.15, 0.2) is 12.4 Å².